The number of aromatic amines is 1. The van der Waals surface area contributed by atoms with Crippen LogP contribution in [0.3, 0.4) is 0 Å². The molecule has 0 aliphatic rings. The highest BCUT2D eigenvalue weighted by atomic mass is 16.1. The fourth-order valence-corrected chi connectivity index (χ4v) is 1.49. The molecule has 72 valence electrons. The van der Waals surface area contributed by atoms with Crippen molar-refractivity contribution in [1.29, 1.82) is 0 Å². The lowest BCUT2D eigenvalue weighted by atomic mass is 10.1. The zero-order valence-electron chi connectivity index (χ0n) is 7.87. The fraction of sp³-hybridized carbons (Fsp3) is 0.200. The minimum Gasteiger partial charge on any atom is -0.328 e. The van der Waals surface area contributed by atoms with Crippen molar-refractivity contribution in [1.82, 2.24) is 15.3 Å². The van der Waals surface area contributed by atoms with Gasteiger partial charge in [-0.15, -0.1) is 0 Å². The second-order valence-electron chi connectivity index (χ2n) is 3.09. The molecular formula is C10H11N3O. The van der Waals surface area contributed by atoms with Crippen LogP contribution in [0.1, 0.15) is 5.56 Å². The van der Waals surface area contributed by atoms with Gasteiger partial charge in [0.15, 0.2) is 0 Å². The first-order valence-electron chi connectivity index (χ1n) is 4.42. The van der Waals surface area contributed by atoms with Crippen LogP contribution in [-0.2, 0) is 6.54 Å². The Morgan fingerprint density at radius 3 is 3.14 bits per heavy atom. The van der Waals surface area contributed by atoms with E-state index in [9.17, 15) is 4.79 Å². The topological polar surface area (TPSA) is 57.8 Å². The first kappa shape index (κ1) is 8.90. The normalized spacial score (nSPS) is 10.6. The van der Waals surface area contributed by atoms with E-state index in [1.165, 1.54) is 0 Å². The van der Waals surface area contributed by atoms with E-state index in [0.717, 1.165) is 17.5 Å². The molecule has 0 atom stereocenters. The standard InChI is InChI=1S/C10H11N3O/c1-11-4-7-5-13-10(14)8-2-3-12-6-9(7)8/h2-3,5-6,11H,4H2,1H3,(H,13,14). The number of nitrogens with zero attached hydrogens (tertiary/aromatic N) is 1. The third-order valence-corrected chi connectivity index (χ3v) is 2.16. The molecule has 2 rings (SSSR count). The first-order valence-corrected chi connectivity index (χ1v) is 4.42. The second-order valence-corrected chi connectivity index (χ2v) is 3.09. The monoisotopic (exact) mass is 189 g/mol. The molecule has 2 aromatic heterocycles. The number of hydrogen-bond acceptors (Lipinski definition) is 3. The van der Waals surface area contributed by atoms with Gasteiger partial charge in [0.2, 0.25) is 0 Å². The van der Waals surface area contributed by atoms with Crippen molar-refractivity contribution >= 4 is 10.8 Å². The summed E-state index contributed by atoms with van der Waals surface area (Å²) in [4.78, 5) is 18.2. The van der Waals surface area contributed by atoms with Gasteiger partial charge < -0.3 is 10.3 Å². The molecule has 4 heteroatoms. The van der Waals surface area contributed by atoms with Crippen molar-refractivity contribution in [3.8, 4) is 0 Å². The Bertz CT molecular complexity index is 504. The lowest BCUT2D eigenvalue weighted by molar-refractivity contribution is 0.818. The second kappa shape index (κ2) is 3.59. The lowest BCUT2D eigenvalue weighted by Gasteiger charge is -2.03. The molecule has 4 nitrogen and oxygen atoms in total. The molecule has 0 bridgehead atoms. The van der Waals surface area contributed by atoms with E-state index in [1.807, 2.05) is 7.05 Å². The number of nitrogens with one attached hydrogen (secondary N) is 2. The predicted octanol–water partition coefficient (Wildman–Crippen LogP) is 0.642. The van der Waals surface area contributed by atoms with Gasteiger partial charge in [0.25, 0.3) is 5.56 Å². The summed E-state index contributed by atoms with van der Waals surface area (Å²) < 4.78 is 0. The number of rotatable bonds is 2. The average molecular weight is 189 g/mol. The Morgan fingerprint density at radius 2 is 2.36 bits per heavy atom. The molecule has 0 amide bonds. The highest BCUT2D eigenvalue weighted by Gasteiger charge is 2.02. The quantitative estimate of drug-likeness (QED) is 0.729. The van der Waals surface area contributed by atoms with E-state index in [4.69, 9.17) is 0 Å². The summed E-state index contributed by atoms with van der Waals surface area (Å²) in [6.45, 7) is 0.721. The van der Waals surface area contributed by atoms with Gasteiger partial charge >= 0.3 is 0 Å². The van der Waals surface area contributed by atoms with Crippen molar-refractivity contribution in [3.05, 3.63) is 40.6 Å². The zero-order valence-corrected chi connectivity index (χ0v) is 7.87. The molecular weight excluding hydrogens is 178 g/mol. The van der Waals surface area contributed by atoms with Crippen LogP contribution >= 0.6 is 0 Å². The van der Waals surface area contributed by atoms with Gasteiger partial charge in [-0.1, -0.05) is 0 Å². The van der Waals surface area contributed by atoms with Crippen LogP contribution in [0.2, 0.25) is 0 Å². The molecule has 0 radical (unpaired) electrons. The van der Waals surface area contributed by atoms with Gasteiger partial charge in [-0.2, -0.15) is 0 Å². The maximum atomic E-state index is 11.4. The lowest BCUT2D eigenvalue weighted by Crippen LogP contribution is -2.11. The third-order valence-electron chi connectivity index (χ3n) is 2.16. The Hall–Kier alpha value is -1.68. The van der Waals surface area contributed by atoms with Crippen LogP contribution < -0.4 is 10.9 Å². The Labute approximate surface area is 81.0 Å². The Morgan fingerprint density at radius 1 is 1.50 bits per heavy atom. The first-order chi connectivity index (χ1) is 6.83. The van der Waals surface area contributed by atoms with Gasteiger partial charge in [0.1, 0.15) is 0 Å². The van der Waals surface area contributed by atoms with Crippen molar-refractivity contribution in [3.63, 3.8) is 0 Å². The Kier molecular flexibility index (Phi) is 2.28. The number of aromatic nitrogens is 2. The summed E-state index contributed by atoms with van der Waals surface area (Å²) >= 11 is 0. The molecule has 0 spiro atoms. The molecule has 2 heterocycles. The van der Waals surface area contributed by atoms with Crippen molar-refractivity contribution in [2.45, 2.75) is 6.54 Å². The van der Waals surface area contributed by atoms with Crippen LogP contribution in [0.25, 0.3) is 10.8 Å². The van der Waals surface area contributed by atoms with Crippen molar-refractivity contribution < 1.29 is 0 Å². The molecule has 0 aliphatic carbocycles. The zero-order chi connectivity index (χ0) is 9.97. The summed E-state index contributed by atoms with van der Waals surface area (Å²) in [5, 5.41) is 4.64. The SMILES string of the molecule is CNCc1c[nH]c(=O)c2ccncc12. The number of hydrogen-bond donors (Lipinski definition) is 2. The molecule has 0 aromatic carbocycles. The number of fused-ring (bicyclic) bond motifs is 1. The molecule has 0 fully saturated rings. The summed E-state index contributed by atoms with van der Waals surface area (Å²) in [5.74, 6) is 0. The van der Waals surface area contributed by atoms with E-state index in [1.54, 1.807) is 24.7 Å². The number of pyridine rings is 2. The van der Waals surface area contributed by atoms with Crippen LogP contribution in [0.4, 0.5) is 0 Å². The highest BCUT2D eigenvalue weighted by molar-refractivity contribution is 5.83. The van der Waals surface area contributed by atoms with Gasteiger partial charge in [0, 0.05) is 30.5 Å². The Balaban J connectivity index is 2.75. The van der Waals surface area contributed by atoms with E-state index in [-0.39, 0.29) is 5.56 Å². The summed E-state index contributed by atoms with van der Waals surface area (Å²) in [6.07, 6.45) is 5.07. The van der Waals surface area contributed by atoms with Crippen molar-refractivity contribution in [2.24, 2.45) is 0 Å². The summed E-state index contributed by atoms with van der Waals surface area (Å²) in [7, 11) is 1.87. The molecule has 14 heavy (non-hydrogen) atoms. The highest BCUT2D eigenvalue weighted by Crippen LogP contribution is 2.11. The summed E-state index contributed by atoms with van der Waals surface area (Å²) in [6, 6.07) is 1.73. The van der Waals surface area contributed by atoms with E-state index < -0.39 is 0 Å². The minimum atomic E-state index is -0.0674. The van der Waals surface area contributed by atoms with Crippen LogP contribution in [0.15, 0.2) is 29.5 Å². The molecule has 0 saturated heterocycles. The molecule has 0 saturated carbocycles. The molecule has 2 N–H and O–H groups in total. The van der Waals surface area contributed by atoms with Gasteiger partial charge in [-0.3, -0.25) is 9.78 Å². The van der Waals surface area contributed by atoms with E-state index in [2.05, 4.69) is 15.3 Å². The van der Waals surface area contributed by atoms with Crippen LogP contribution in [-0.4, -0.2) is 17.0 Å². The number of H-pyrrole nitrogens is 1. The van der Waals surface area contributed by atoms with Crippen molar-refractivity contribution in [2.75, 3.05) is 7.05 Å². The van der Waals surface area contributed by atoms with Gasteiger partial charge in [-0.25, -0.2) is 0 Å². The van der Waals surface area contributed by atoms with E-state index >= 15 is 0 Å². The van der Waals surface area contributed by atoms with Gasteiger partial charge in [-0.05, 0) is 18.7 Å². The minimum absolute atomic E-state index is 0.0674. The third kappa shape index (κ3) is 1.40. The largest absolute Gasteiger partial charge is 0.328 e. The molecule has 2 aromatic rings. The van der Waals surface area contributed by atoms with Crippen LogP contribution in [0.5, 0.6) is 0 Å². The van der Waals surface area contributed by atoms with Crippen LogP contribution in [0, 0.1) is 0 Å². The van der Waals surface area contributed by atoms with Gasteiger partial charge in [0.05, 0.1) is 5.39 Å². The maximum absolute atomic E-state index is 11.4. The average Bonchev–Trinajstić information content (AvgIpc) is 2.23. The smallest absolute Gasteiger partial charge is 0.255 e. The predicted molar refractivity (Wildman–Crippen MR) is 55.1 cm³/mol. The molecule has 0 unspecified atom stereocenters. The van der Waals surface area contributed by atoms with E-state index in [0.29, 0.717) is 5.39 Å². The molecule has 0 aliphatic heterocycles. The maximum Gasteiger partial charge on any atom is 0.255 e. The fourth-order valence-electron chi connectivity index (χ4n) is 1.49. The summed E-state index contributed by atoms with van der Waals surface area (Å²) in [5.41, 5.74) is 0.984.